The average Bonchev–Trinajstić information content (AvgIpc) is 2.36. The molecule has 1 N–H and O–H groups in total. The molecule has 0 aromatic heterocycles. The Morgan fingerprint density at radius 2 is 1.85 bits per heavy atom. The maximum absolute atomic E-state index is 13.4. The van der Waals surface area contributed by atoms with E-state index in [0.717, 1.165) is 6.07 Å². The molecule has 0 saturated heterocycles. The van der Waals surface area contributed by atoms with E-state index in [1.54, 1.807) is 6.92 Å². The highest BCUT2D eigenvalue weighted by molar-refractivity contribution is 7.92. The van der Waals surface area contributed by atoms with Gasteiger partial charge in [-0.05, 0) is 36.8 Å². The molecule has 0 bridgehead atoms. The van der Waals surface area contributed by atoms with E-state index in [4.69, 9.17) is 23.2 Å². The van der Waals surface area contributed by atoms with Gasteiger partial charge in [-0.15, -0.1) is 0 Å². The zero-order chi connectivity index (χ0) is 14.9. The molecule has 0 fully saturated rings. The summed E-state index contributed by atoms with van der Waals surface area (Å²) in [5.41, 5.74) is 0.540. The fourth-order valence-electron chi connectivity index (χ4n) is 1.56. The van der Waals surface area contributed by atoms with Crippen LogP contribution in [0.25, 0.3) is 0 Å². The van der Waals surface area contributed by atoms with E-state index >= 15 is 0 Å². The molecular formula is C13H10Cl2FNO2S. The Balaban J connectivity index is 2.41. The molecule has 0 amide bonds. The minimum atomic E-state index is -3.93. The smallest absolute Gasteiger partial charge is 0.263 e. The summed E-state index contributed by atoms with van der Waals surface area (Å²) >= 11 is 11.7. The normalized spacial score (nSPS) is 11.4. The van der Waals surface area contributed by atoms with Crippen molar-refractivity contribution < 1.29 is 12.8 Å². The van der Waals surface area contributed by atoms with Crippen LogP contribution in [0.4, 0.5) is 10.1 Å². The Hall–Kier alpha value is -1.30. The lowest BCUT2D eigenvalue weighted by Crippen LogP contribution is -2.13. The molecule has 0 saturated carbocycles. The maximum Gasteiger partial charge on any atom is 0.263 e. The SMILES string of the molecule is Cc1ccc(NS(=O)(=O)c2cccc(Cl)c2Cl)cc1F. The van der Waals surface area contributed by atoms with Crippen molar-refractivity contribution in [2.75, 3.05) is 4.72 Å². The van der Waals surface area contributed by atoms with Gasteiger partial charge in [-0.25, -0.2) is 12.8 Å². The van der Waals surface area contributed by atoms with Crippen molar-refractivity contribution >= 4 is 38.9 Å². The van der Waals surface area contributed by atoms with E-state index in [2.05, 4.69) is 4.72 Å². The zero-order valence-electron chi connectivity index (χ0n) is 10.3. The third-order valence-corrected chi connectivity index (χ3v) is 4.98. The van der Waals surface area contributed by atoms with Gasteiger partial charge in [-0.1, -0.05) is 35.3 Å². The molecule has 0 atom stereocenters. The van der Waals surface area contributed by atoms with Gasteiger partial charge in [0.2, 0.25) is 0 Å². The van der Waals surface area contributed by atoms with Crippen LogP contribution in [0.3, 0.4) is 0 Å². The van der Waals surface area contributed by atoms with Crippen LogP contribution in [0.5, 0.6) is 0 Å². The zero-order valence-corrected chi connectivity index (χ0v) is 12.7. The highest BCUT2D eigenvalue weighted by Gasteiger charge is 2.19. The molecule has 2 aromatic carbocycles. The largest absolute Gasteiger partial charge is 0.279 e. The number of halogens is 3. The van der Waals surface area contributed by atoms with Gasteiger partial charge >= 0.3 is 0 Å². The second kappa shape index (κ2) is 5.60. The number of anilines is 1. The molecule has 3 nitrogen and oxygen atoms in total. The molecule has 2 aromatic rings. The molecule has 0 unspecified atom stereocenters. The molecule has 0 spiro atoms. The monoisotopic (exact) mass is 333 g/mol. The molecular weight excluding hydrogens is 324 g/mol. The Kier molecular flexibility index (Phi) is 4.22. The third kappa shape index (κ3) is 3.06. The lowest BCUT2D eigenvalue weighted by Gasteiger charge is -2.10. The summed E-state index contributed by atoms with van der Waals surface area (Å²) in [6.45, 7) is 1.58. The Morgan fingerprint density at radius 1 is 1.15 bits per heavy atom. The van der Waals surface area contributed by atoms with E-state index in [9.17, 15) is 12.8 Å². The summed E-state index contributed by atoms with van der Waals surface area (Å²) in [4.78, 5) is -0.160. The number of nitrogens with one attached hydrogen (secondary N) is 1. The van der Waals surface area contributed by atoms with Crippen LogP contribution < -0.4 is 4.72 Å². The number of hydrogen-bond acceptors (Lipinski definition) is 2. The number of benzene rings is 2. The van der Waals surface area contributed by atoms with Crippen LogP contribution in [-0.4, -0.2) is 8.42 Å². The van der Waals surface area contributed by atoms with E-state index in [-0.39, 0.29) is 20.6 Å². The minimum Gasteiger partial charge on any atom is -0.279 e. The van der Waals surface area contributed by atoms with Gasteiger partial charge in [0.25, 0.3) is 10.0 Å². The molecule has 0 heterocycles. The lowest BCUT2D eigenvalue weighted by atomic mass is 10.2. The number of rotatable bonds is 3. The van der Waals surface area contributed by atoms with Crippen LogP contribution in [0, 0.1) is 12.7 Å². The van der Waals surface area contributed by atoms with E-state index in [1.807, 2.05) is 0 Å². The van der Waals surface area contributed by atoms with Gasteiger partial charge in [0.05, 0.1) is 15.7 Å². The van der Waals surface area contributed by atoms with Gasteiger partial charge < -0.3 is 0 Å². The maximum atomic E-state index is 13.4. The van der Waals surface area contributed by atoms with Crippen molar-refractivity contribution in [2.24, 2.45) is 0 Å². The van der Waals surface area contributed by atoms with Crippen molar-refractivity contribution in [3.63, 3.8) is 0 Å². The van der Waals surface area contributed by atoms with Gasteiger partial charge in [0, 0.05) is 0 Å². The van der Waals surface area contributed by atoms with Crippen LogP contribution in [0.2, 0.25) is 10.0 Å². The molecule has 0 aliphatic rings. The predicted molar refractivity (Wildman–Crippen MR) is 78.4 cm³/mol. The van der Waals surface area contributed by atoms with Gasteiger partial charge in [0.15, 0.2) is 0 Å². The van der Waals surface area contributed by atoms with E-state index in [0.29, 0.717) is 5.56 Å². The second-order valence-electron chi connectivity index (χ2n) is 4.12. The molecule has 20 heavy (non-hydrogen) atoms. The summed E-state index contributed by atoms with van der Waals surface area (Å²) in [5.74, 6) is -0.498. The summed E-state index contributed by atoms with van der Waals surface area (Å²) in [6.07, 6.45) is 0. The predicted octanol–water partition coefficient (Wildman–Crippen LogP) is 4.24. The summed E-state index contributed by atoms with van der Waals surface area (Å²) < 4.78 is 40.1. The summed E-state index contributed by atoms with van der Waals surface area (Å²) in [6, 6.07) is 8.32. The first-order chi connectivity index (χ1) is 9.31. The van der Waals surface area contributed by atoms with Crippen molar-refractivity contribution in [2.45, 2.75) is 11.8 Å². The summed E-state index contributed by atoms with van der Waals surface area (Å²) in [7, 11) is -3.93. The topological polar surface area (TPSA) is 46.2 Å². The van der Waals surface area contributed by atoms with Crippen LogP contribution in [0.1, 0.15) is 5.56 Å². The highest BCUT2D eigenvalue weighted by Crippen LogP contribution is 2.30. The van der Waals surface area contributed by atoms with E-state index < -0.39 is 15.8 Å². The van der Waals surface area contributed by atoms with Crippen LogP contribution in [0.15, 0.2) is 41.3 Å². The first kappa shape index (κ1) is 15.1. The standard InChI is InChI=1S/C13H10Cl2FNO2S/c1-8-5-6-9(7-11(8)16)17-20(18,19)12-4-2-3-10(14)13(12)15/h2-7,17H,1H3. The van der Waals surface area contributed by atoms with Gasteiger partial charge in [-0.2, -0.15) is 0 Å². The van der Waals surface area contributed by atoms with Crippen LogP contribution in [-0.2, 0) is 10.0 Å². The highest BCUT2D eigenvalue weighted by atomic mass is 35.5. The number of sulfonamides is 1. The minimum absolute atomic E-state index is 0.0748. The molecule has 0 aliphatic heterocycles. The molecule has 7 heteroatoms. The number of aryl methyl sites for hydroxylation is 1. The molecule has 2 rings (SSSR count). The first-order valence-corrected chi connectivity index (χ1v) is 7.78. The Labute approximate surface area is 126 Å². The van der Waals surface area contributed by atoms with Crippen molar-refractivity contribution in [3.8, 4) is 0 Å². The average molecular weight is 334 g/mol. The van der Waals surface area contributed by atoms with Crippen molar-refractivity contribution in [1.29, 1.82) is 0 Å². The second-order valence-corrected chi connectivity index (χ2v) is 6.56. The quantitative estimate of drug-likeness (QED) is 0.912. The molecule has 0 radical (unpaired) electrons. The molecule has 0 aliphatic carbocycles. The Morgan fingerprint density at radius 3 is 2.50 bits per heavy atom. The van der Waals surface area contributed by atoms with E-state index in [1.165, 1.54) is 30.3 Å². The summed E-state index contributed by atoms with van der Waals surface area (Å²) in [5, 5.41) is 0.0545. The van der Waals surface area contributed by atoms with Crippen molar-refractivity contribution in [1.82, 2.24) is 0 Å². The fourth-order valence-corrected chi connectivity index (χ4v) is 3.37. The molecule has 106 valence electrons. The first-order valence-electron chi connectivity index (χ1n) is 5.54. The number of hydrogen-bond donors (Lipinski definition) is 1. The van der Waals surface area contributed by atoms with Crippen molar-refractivity contribution in [3.05, 3.63) is 57.8 Å². The Bertz CT molecular complexity index is 763. The third-order valence-electron chi connectivity index (χ3n) is 2.63. The lowest BCUT2D eigenvalue weighted by molar-refractivity contribution is 0.601. The van der Waals surface area contributed by atoms with Gasteiger partial charge in [0.1, 0.15) is 10.7 Å². The fraction of sp³-hybridized carbons (Fsp3) is 0.0769. The van der Waals surface area contributed by atoms with Crippen LogP contribution >= 0.6 is 23.2 Å². The van der Waals surface area contributed by atoms with Gasteiger partial charge in [-0.3, -0.25) is 4.72 Å².